The van der Waals surface area contributed by atoms with Gasteiger partial charge in [0.25, 0.3) is 0 Å². The Hall–Kier alpha value is -1.95. The van der Waals surface area contributed by atoms with E-state index >= 15 is 0 Å². The second kappa shape index (κ2) is 9.70. The van der Waals surface area contributed by atoms with Gasteiger partial charge < -0.3 is 10.1 Å². The molecule has 29 heavy (non-hydrogen) atoms. The molecule has 0 unspecified atom stereocenters. The first-order chi connectivity index (χ1) is 13.9. The minimum atomic E-state index is -0.582. The van der Waals surface area contributed by atoms with Crippen LogP contribution in [0.4, 0.5) is 0 Å². The van der Waals surface area contributed by atoms with Crippen LogP contribution in [0.3, 0.4) is 0 Å². The third kappa shape index (κ3) is 5.16. The summed E-state index contributed by atoms with van der Waals surface area (Å²) in [6.07, 6.45) is 0. The van der Waals surface area contributed by atoms with Crippen LogP contribution in [0.5, 0.6) is 0 Å². The number of hydrogen-bond donors (Lipinski definition) is 1. The van der Waals surface area contributed by atoms with Crippen molar-refractivity contribution >= 4 is 46.1 Å². The average Bonchev–Trinajstić information content (AvgIpc) is 2.68. The molecule has 2 aromatic rings. The Kier molecular flexibility index (Phi) is 7.28. The number of halogens is 2. The molecule has 0 fully saturated rings. The third-order valence-electron chi connectivity index (χ3n) is 4.45. The van der Waals surface area contributed by atoms with Gasteiger partial charge in [0, 0.05) is 17.0 Å². The normalized spacial score (nSPS) is 16.3. The van der Waals surface area contributed by atoms with Crippen molar-refractivity contribution in [2.45, 2.75) is 32.6 Å². The quantitative estimate of drug-likeness (QED) is 0.563. The number of nitrogens with one attached hydrogen (secondary N) is 1. The van der Waals surface area contributed by atoms with Gasteiger partial charge in [-0.1, -0.05) is 76.9 Å². The van der Waals surface area contributed by atoms with Crippen molar-refractivity contribution in [3.63, 3.8) is 0 Å². The number of ether oxygens (including phenoxy) is 1. The maximum atomic E-state index is 12.6. The highest BCUT2D eigenvalue weighted by atomic mass is 35.5. The van der Waals surface area contributed by atoms with Gasteiger partial charge in [0.2, 0.25) is 0 Å². The number of carbonyl (C=O) groups excluding carboxylic acids is 1. The van der Waals surface area contributed by atoms with Crippen molar-refractivity contribution < 1.29 is 9.53 Å². The first kappa shape index (κ1) is 21.8. The molecule has 1 atom stereocenters. The van der Waals surface area contributed by atoms with E-state index in [1.807, 2.05) is 19.1 Å². The highest BCUT2D eigenvalue weighted by Crippen LogP contribution is 2.39. The van der Waals surface area contributed by atoms with E-state index in [0.717, 1.165) is 10.9 Å². The molecule has 0 spiro atoms. The molecule has 1 aliphatic heterocycles. The number of hydrogen-bond acceptors (Lipinski definition) is 5. The van der Waals surface area contributed by atoms with Crippen molar-refractivity contribution in [3.05, 3.63) is 80.5 Å². The molecule has 7 heteroatoms. The number of aryl methyl sites for hydroxylation is 1. The summed E-state index contributed by atoms with van der Waals surface area (Å²) in [7, 11) is 0. The molecule has 1 heterocycles. The van der Waals surface area contributed by atoms with Crippen LogP contribution in [0.1, 0.15) is 36.6 Å². The average molecular weight is 449 g/mol. The lowest BCUT2D eigenvalue weighted by Crippen LogP contribution is -2.30. The van der Waals surface area contributed by atoms with E-state index in [4.69, 9.17) is 32.9 Å². The van der Waals surface area contributed by atoms with E-state index < -0.39 is 12.0 Å². The van der Waals surface area contributed by atoms with Crippen molar-refractivity contribution in [3.8, 4) is 0 Å². The first-order valence-corrected chi connectivity index (χ1v) is 11.0. The van der Waals surface area contributed by atoms with Gasteiger partial charge in [0.15, 0.2) is 5.17 Å². The SMILES string of the molecule is CCOC(=O)C1=C(C)NC(SCc2cccc(C)c2)=N[C@@H]1c1cccc(Cl)c1Cl. The van der Waals surface area contributed by atoms with Crippen LogP contribution >= 0.6 is 35.0 Å². The molecule has 1 N–H and O–H groups in total. The lowest BCUT2D eigenvalue weighted by atomic mass is 9.96. The van der Waals surface area contributed by atoms with Crippen molar-refractivity contribution in [2.24, 2.45) is 4.99 Å². The summed E-state index contributed by atoms with van der Waals surface area (Å²) in [5.41, 5.74) is 4.24. The molecule has 152 valence electrons. The number of esters is 1. The highest BCUT2D eigenvalue weighted by Gasteiger charge is 2.32. The van der Waals surface area contributed by atoms with Gasteiger partial charge in [-0.3, -0.25) is 0 Å². The molecule has 0 bridgehead atoms. The number of benzene rings is 2. The van der Waals surface area contributed by atoms with Gasteiger partial charge in [-0.15, -0.1) is 0 Å². The first-order valence-electron chi connectivity index (χ1n) is 9.25. The summed E-state index contributed by atoms with van der Waals surface area (Å²) in [6, 6.07) is 13.1. The number of aliphatic imine (C=N–C) groups is 1. The number of nitrogens with zero attached hydrogens (tertiary/aromatic N) is 1. The van der Waals surface area contributed by atoms with Crippen LogP contribution in [-0.4, -0.2) is 17.7 Å². The maximum absolute atomic E-state index is 12.6. The van der Waals surface area contributed by atoms with E-state index in [9.17, 15) is 4.79 Å². The summed E-state index contributed by atoms with van der Waals surface area (Å²) in [6.45, 7) is 5.97. The second-order valence-corrected chi connectivity index (χ2v) is 8.39. The molecule has 0 amide bonds. The Balaban J connectivity index is 1.94. The van der Waals surface area contributed by atoms with Crippen molar-refractivity contribution in [1.29, 1.82) is 0 Å². The molecule has 0 saturated carbocycles. The molecule has 2 aromatic carbocycles. The van der Waals surface area contributed by atoms with E-state index in [2.05, 4.69) is 30.4 Å². The standard InChI is InChI=1S/C22H22Cl2N2O2S/c1-4-28-21(27)18-14(3)25-22(29-12-15-8-5-7-13(2)11-15)26-20(18)16-9-6-10-17(23)19(16)24/h5-11,20H,4,12H2,1-3H3,(H,25,26)/t20-/m1/s1. The molecule has 0 radical (unpaired) electrons. The fraction of sp³-hybridized carbons (Fsp3) is 0.273. The minimum Gasteiger partial charge on any atom is -0.463 e. The Morgan fingerprint density at radius 2 is 1.97 bits per heavy atom. The summed E-state index contributed by atoms with van der Waals surface area (Å²) in [5.74, 6) is 0.343. The zero-order chi connectivity index (χ0) is 21.0. The predicted octanol–water partition coefficient (Wildman–Crippen LogP) is 6.07. The molecule has 0 aromatic heterocycles. The van der Waals surface area contributed by atoms with Gasteiger partial charge in [0.1, 0.15) is 6.04 Å². The van der Waals surface area contributed by atoms with Crippen LogP contribution in [-0.2, 0) is 15.3 Å². The van der Waals surface area contributed by atoms with E-state index in [1.165, 1.54) is 11.1 Å². The topological polar surface area (TPSA) is 50.7 Å². The summed E-state index contributed by atoms with van der Waals surface area (Å²) in [5, 5.41) is 4.78. The van der Waals surface area contributed by atoms with E-state index in [1.54, 1.807) is 30.8 Å². The van der Waals surface area contributed by atoms with Crippen LogP contribution in [0, 0.1) is 6.92 Å². The highest BCUT2D eigenvalue weighted by molar-refractivity contribution is 8.13. The molecule has 3 rings (SSSR count). The lowest BCUT2D eigenvalue weighted by molar-refractivity contribution is -0.138. The summed E-state index contributed by atoms with van der Waals surface area (Å²) >= 11 is 14.2. The van der Waals surface area contributed by atoms with Crippen LogP contribution in [0.15, 0.2) is 58.7 Å². The van der Waals surface area contributed by atoms with E-state index in [0.29, 0.717) is 26.9 Å². The Labute approximate surface area is 185 Å². The number of rotatable bonds is 5. The number of allylic oxidation sites excluding steroid dienone is 1. The fourth-order valence-corrected chi connectivity index (χ4v) is 4.40. The smallest absolute Gasteiger partial charge is 0.338 e. The summed E-state index contributed by atoms with van der Waals surface area (Å²) < 4.78 is 5.26. The molecule has 0 saturated heterocycles. The maximum Gasteiger partial charge on any atom is 0.338 e. The van der Waals surface area contributed by atoms with Gasteiger partial charge in [0.05, 0.1) is 22.2 Å². The number of carbonyl (C=O) groups is 1. The zero-order valence-corrected chi connectivity index (χ0v) is 18.8. The van der Waals surface area contributed by atoms with Crippen molar-refractivity contribution in [1.82, 2.24) is 5.32 Å². The number of amidine groups is 1. The van der Waals surface area contributed by atoms with Gasteiger partial charge in [-0.2, -0.15) is 0 Å². The second-order valence-electron chi connectivity index (χ2n) is 6.64. The fourth-order valence-electron chi connectivity index (χ4n) is 3.10. The molecule has 1 aliphatic rings. The van der Waals surface area contributed by atoms with Gasteiger partial charge >= 0.3 is 5.97 Å². The zero-order valence-electron chi connectivity index (χ0n) is 16.5. The third-order valence-corrected chi connectivity index (χ3v) is 6.24. The minimum absolute atomic E-state index is 0.282. The molecular weight excluding hydrogens is 427 g/mol. The Morgan fingerprint density at radius 1 is 1.21 bits per heavy atom. The lowest BCUT2D eigenvalue weighted by Gasteiger charge is -2.26. The summed E-state index contributed by atoms with van der Waals surface area (Å²) in [4.78, 5) is 17.4. The molecule has 0 aliphatic carbocycles. The van der Waals surface area contributed by atoms with Crippen molar-refractivity contribution in [2.75, 3.05) is 6.61 Å². The largest absolute Gasteiger partial charge is 0.463 e. The van der Waals surface area contributed by atoms with Crippen LogP contribution < -0.4 is 5.32 Å². The van der Waals surface area contributed by atoms with Crippen LogP contribution in [0.25, 0.3) is 0 Å². The number of thioether (sulfide) groups is 1. The van der Waals surface area contributed by atoms with Gasteiger partial charge in [-0.05, 0) is 32.4 Å². The van der Waals surface area contributed by atoms with Gasteiger partial charge in [-0.25, -0.2) is 9.79 Å². The Morgan fingerprint density at radius 3 is 2.69 bits per heavy atom. The van der Waals surface area contributed by atoms with E-state index in [-0.39, 0.29) is 6.61 Å². The monoisotopic (exact) mass is 448 g/mol. The molecular formula is C22H22Cl2N2O2S. The van der Waals surface area contributed by atoms with Crippen LogP contribution in [0.2, 0.25) is 10.0 Å². The predicted molar refractivity (Wildman–Crippen MR) is 122 cm³/mol. The molecule has 4 nitrogen and oxygen atoms in total. The Bertz CT molecular complexity index is 989.